The van der Waals surface area contributed by atoms with Crippen LogP contribution in [0.4, 0.5) is 0 Å². The van der Waals surface area contributed by atoms with E-state index in [-0.39, 0.29) is 23.5 Å². The van der Waals surface area contributed by atoms with Crippen molar-refractivity contribution in [1.29, 1.82) is 0 Å². The highest BCUT2D eigenvalue weighted by molar-refractivity contribution is 7.99. The van der Waals surface area contributed by atoms with Gasteiger partial charge >= 0.3 is 0 Å². The molecule has 0 spiro atoms. The van der Waals surface area contributed by atoms with E-state index in [1.165, 1.54) is 11.8 Å². The van der Waals surface area contributed by atoms with Gasteiger partial charge in [0.15, 0.2) is 11.0 Å². The van der Waals surface area contributed by atoms with Gasteiger partial charge in [-0.3, -0.25) is 9.59 Å². The van der Waals surface area contributed by atoms with Gasteiger partial charge in [-0.25, -0.2) is 0 Å². The number of benzene rings is 1. The average Bonchev–Trinajstić information content (AvgIpc) is 3.01. The zero-order valence-corrected chi connectivity index (χ0v) is 14.9. The molecule has 1 fully saturated rings. The molecule has 1 unspecified atom stereocenters. The minimum Gasteiger partial charge on any atom is -0.369 e. The molecule has 1 aliphatic heterocycles. The fourth-order valence-electron chi connectivity index (χ4n) is 2.93. The molecule has 1 saturated heterocycles. The highest BCUT2D eigenvalue weighted by Gasteiger charge is 2.27. The third-order valence-corrected chi connectivity index (χ3v) is 5.37. The summed E-state index contributed by atoms with van der Waals surface area (Å²) >= 11 is 1.36. The Kier molecular flexibility index (Phi) is 5.37. The summed E-state index contributed by atoms with van der Waals surface area (Å²) < 4.78 is 1.88. The largest absolute Gasteiger partial charge is 0.369 e. The smallest absolute Gasteiger partial charge is 0.233 e. The molecule has 3 rings (SSSR count). The molecule has 2 amide bonds. The monoisotopic (exact) mass is 359 g/mol. The number of hydrogen-bond acceptors (Lipinski definition) is 5. The van der Waals surface area contributed by atoms with Crippen molar-refractivity contribution in [2.45, 2.75) is 18.0 Å². The molecule has 8 heteroatoms. The van der Waals surface area contributed by atoms with Crippen LogP contribution in [0.5, 0.6) is 0 Å². The van der Waals surface area contributed by atoms with Crippen molar-refractivity contribution in [3.05, 3.63) is 30.3 Å². The van der Waals surface area contributed by atoms with Gasteiger partial charge < -0.3 is 15.2 Å². The van der Waals surface area contributed by atoms with Gasteiger partial charge in [0.05, 0.1) is 11.7 Å². The lowest BCUT2D eigenvalue weighted by Gasteiger charge is -2.31. The molecule has 1 aliphatic rings. The summed E-state index contributed by atoms with van der Waals surface area (Å²) in [5.41, 5.74) is 6.35. The number of rotatable bonds is 5. The van der Waals surface area contributed by atoms with Gasteiger partial charge in [0.25, 0.3) is 0 Å². The zero-order valence-electron chi connectivity index (χ0n) is 14.1. The van der Waals surface area contributed by atoms with Crippen LogP contribution < -0.4 is 5.73 Å². The molecule has 2 heterocycles. The van der Waals surface area contributed by atoms with Crippen LogP contribution in [-0.4, -0.2) is 50.3 Å². The van der Waals surface area contributed by atoms with E-state index in [1.807, 2.05) is 41.9 Å². The quantitative estimate of drug-likeness (QED) is 0.812. The lowest BCUT2D eigenvalue weighted by molar-refractivity contribution is -0.132. The second-order valence-electron chi connectivity index (χ2n) is 6.10. The van der Waals surface area contributed by atoms with Crippen LogP contribution in [-0.2, 0) is 16.6 Å². The van der Waals surface area contributed by atoms with Gasteiger partial charge in [-0.15, -0.1) is 10.2 Å². The van der Waals surface area contributed by atoms with Crippen molar-refractivity contribution in [2.24, 2.45) is 18.7 Å². The maximum absolute atomic E-state index is 12.4. The van der Waals surface area contributed by atoms with Crippen LogP contribution in [0.1, 0.15) is 12.8 Å². The fraction of sp³-hybridized carbons (Fsp3) is 0.412. The summed E-state index contributed by atoms with van der Waals surface area (Å²) in [4.78, 5) is 25.5. The van der Waals surface area contributed by atoms with E-state index < -0.39 is 0 Å². The Bertz CT molecular complexity index is 762. The first-order chi connectivity index (χ1) is 12.1. The first kappa shape index (κ1) is 17.5. The molecule has 0 aliphatic carbocycles. The third-order valence-electron chi connectivity index (χ3n) is 4.37. The number of nitrogens with two attached hydrogens (primary N) is 1. The topological polar surface area (TPSA) is 94.1 Å². The molecule has 1 aromatic carbocycles. The first-order valence-corrected chi connectivity index (χ1v) is 9.19. The van der Waals surface area contributed by atoms with Crippen molar-refractivity contribution in [3.63, 3.8) is 0 Å². The van der Waals surface area contributed by atoms with E-state index in [0.717, 1.165) is 24.2 Å². The summed E-state index contributed by atoms with van der Waals surface area (Å²) in [6.07, 6.45) is 1.57. The van der Waals surface area contributed by atoms with Gasteiger partial charge in [0.2, 0.25) is 11.8 Å². The zero-order chi connectivity index (χ0) is 17.8. The Labute approximate surface area is 150 Å². The Morgan fingerprint density at radius 2 is 2.04 bits per heavy atom. The van der Waals surface area contributed by atoms with Crippen LogP contribution >= 0.6 is 11.8 Å². The minimum absolute atomic E-state index is 0.000195. The number of carbonyl (C=O) groups excluding carboxylic acids is 2. The number of primary amides is 1. The maximum Gasteiger partial charge on any atom is 0.233 e. The normalized spacial score (nSPS) is 17.5. The molecule has 0 saturated carbocycles. The van der Waals surface area contributed by atoms with Crippen molar-refractivity contribution in [2.75, 3.05) is 18.8 Å². The van der Waals surface area contributed by atoms with E-state index in [2.05, 4.69) is 10.2 Å². The summed E-state index contributed by atoms with van der Waals surface area (Å²) in [5.74, 6) is 0.474. The predicted octanol–water partition coefficient (Wildman–Crippen LogP) is 1.30. The van der Waals surface area contributed by atoms with E-state index in [4.69, 9.17) is 5.73 Å². The van der Waals surface area contributed by atoms with Crippen molar-refractivity contribution >= 4 is 23.6 Å². The third kappa shape index (κ3) is 4.01. The second-order valence-corrected chi connectivity index (χ2v) is 7.04. The van der Waals surface area contributed by atoms with Crippen LogP contribution in [0.15, 0.2) is 35.5 Å². The molecule has 25 heavy (non-hydrogen) atoms. The number of piperidine rings is 1. The Morgan fingerprint density at radius 1 is 1.28 bits per heavy atom. The van der Waals surface area contributed by atoms with Crippen molar-refractivity contribution < 1.29 is 9.59 Å². The average molecular weight is 359 g/mol. The van der Waals surface area contributed by atoms with E-state index in [1.54, 1.807) is 4.90 Å². The van der Waals surface area contributed by atoms with Crippen molar-refractivity contribution in [3.8, 4) is 11.4 Å². The number of amides is 2. The molecular formula is C17H21N5O2S. The van der Waals surface area contributed by atoms with Crippen molar-refractivity contribution in [1.82, 2.24) is 19.7 Å². The number of hydrogen-bond donors (Lipinski definition) is 1. The molecule has 2 aromatic rings. The number of carbonyl (C=O) groups is 2. The van der Waals surface area contributed by atoms with Crippen LogP contribution in [0.3, 0.4) is 0 Å². The van der Waals surface area contributed by atoms with E-state index >= 15 is 0 Å². The molecule has 0 bridgehead atoms. The summed E-state index contributed by atoms with van der Waals surface area (Å²) in [6, 6.07) is 9.80. The lowest BCUT2D eigenvalue weighted by atomic mass is 9.97. The minimum atomic E-state index is -0.328. The number of nitrogens with zero attached hydrogens (tertiary/aromatic N) is 4. The Morgan fingerprint density at radius 3 is 2.76 bits per heavy atom. The summed E-state index contributed by atoms with van der Waals surface area (Å²) in [5, 5.41) is 9.09. The van der Waals surface area contributed by atoms with E-state index in [0.29, 0.717) is 18.2 Å². The highest BCUT2D eigenvalue weighted by Crippen LogP contribution is 2.23. The molecule has 2 N–H and O–H groups in total. The summed E-state index contributed by atoms with van der Waals surface area (Å²) in [7, 11) is 1.89. The molecule has 132 valence electrons. The molecule has 7 nitrogen and oxygen atoms in total. The molecule has 1 atom stereocenters. The van der Waals surface area contributed by atoms with Crippen LogP contribution in [0.25, 0.3) is 11.4 Å². The number of likely N-dealkylation sites (tertiary alicyclic amines) is 1. The predicted molar refractivity (Wildman–Crippen MR) is 95.7 cm³/mol. The Balaban J connectivity index is 1.61. The van der Waals surface area contributed by atoms with Crippen LogP contribution in [0, 0.1) is 5.92 Å². The van der Waals surface area contributed by atoms with Crippen LogP contribution in [0.2, 0.25) is 0 Å². The maximum atomic E-state index is 12.4. The lowest BCUT2D eigenvalue weighted by Crippen LogP contribution is -2.44. The fourth-order valence-corrected chi connectivity index (χ4v) is 3.75. The molecular weight excluding hydrogens is 338 g/mol. The highest BCUT2D eigenvalue weighted by atomic mass is 32.2. The van der Waals surface area contributed by atoms with E-state index in [9.17, 15) is 9.59 Å². The second kappa shape index (κ2) is 7.69. The van der Waals surface area contributed by atoms with Gasteiger partial charge in [-0.1, -0.05) is 42.1 Å². The summed E-state index contributed by atoms with van der Waals surface area (Å²) in [6.45, 7) is 1.10. The van der Waals surface area contributed by atoms with Gasteiger partial charge in [-0.2, -0.15) is 0 Å². The Hall–Kier alpha value is -2.35. The first-order valence-electron chi connectivity index (χ1n) is 8.21. The standard InChI is InChI=1S/C17H21N5O2S/c1-21-16(12-6-3-2-4-7-12)19-20-17(21)25-11-14(23)22-9-5-8-13(10-22)15(18)24/h2-4,6-7,13H,5,8-11H2,1H3,(H2,18,24). The van der Waals surface area contributed by atoms with Gasteiger partial charge in [0, 0.05) is 25.7 Å². The SMILES string of the molecule is Cn1c(SCC(=O)N2CCCC(C(N)=O)C2)nnc1-c1ccccc1. The molecule has 0 radical (unpaired) electrons. The number of thioether (sulfide) groups is 1. The van der Waals surface area contributed by atoms with Gasteiger partial charge in [-0.05, 0) is 12.8 Å². The van der Waals surface area contributed by atoms with Gasteiger partial charge in [0.1, 0.15) is 0 Å². The number of aromatic nitrogens is 3. The molecule has 1 aromatic heterocycles.